The SMILES string of the molecule is CCOc1ccc(NC(=O)[C@@H]2[C@@H]3CC(C)C4(S3)C(C(=O)NCn3nnc5ccccc53)N([C@H](C)CO)C(=O)[C@H]24)cc1. The standard InChI is InChI=1S/C29H34N6O5S/c1-4-40-19-11-9-18(10-12-19)31-26(37)23-22-13-16(2)29(41-22)24(23)28(39)35(17(3)14-36)25(29)27(38)30-15-34-21-8-6-5-7-20(21)32-33-34/h5-12,16-17,22-25,36H,4,13-15H2,1-3H3,(H,30,38)(H,31,37)/t16?,17-,22+,23-,24+,25?,29?/m1/s1. The molecule has 0 aliphatic carbocycles. The number of likely N-dealkylation sites (tertiary alicyclic amines) is 1. The Hall–Kier alpha value is -3.64. The Morgan fingerprint density at radius 3 is 2.68 bits per heavy atom. The molecule has 3 N–H and O–H groups in total. The lowest BCUT2D eigenvalue weighted by molar-refractivity contribution is -0.141. The van der Waals surface area contributed by atoms with Crippen LogP contribution in [-0.4, -0.2) is 78.0 Å². The fourth-order valence-electron chi connectivity index (χ4n) is 6.93. The summed E-state index contributed by atoms with van der Waals surface area (Å²) in [5.74, 6) is -1.37. The van der Waals surface area contributed by atoms with E-state index < -0.39 is 28.7 Å². The Morgan fingerprint density at radius 2 is 1.95 bits per heavy atom. The summed E-state index contributed by atoms with van der Waals surface area (Å²) in [6, 6.07) is 13.2. The predicted octanol–water partition coefficient (Wildman–Crippen LogP) is 2.26. The van der Waals surface area contributed by atoms with E-state index in [1.807, 2.05) is 31.2 Å². The molecule has 0 radical (unpaired) electrons. The molecule has 7 atom stereocenters. The summed E-state index contributed by atoms with van der Waals surface area (Å²) < 4.78 is 6.31. The van der Waals surface area contributed by atoms with E-state index in [1.165, 1.54) is 4.90 Å². The molecule has 3 aliphatic heterocycles. The van der Waals surface area contributed by atoms with Gasteiger partial charge in [0, 0.05) is 10.9 Å². The summed E-state index contributed by atoms with van der Waals surface area (Å²) in [7, 11) is 0. The molecule has 2 aromatic carbocycles. The molecule has 11 nitrogen and oxygen atoms in total. The number of ether oxygens (including phenoxy) is 1. The number of aliphatic hydroxyl groups excluding tert-OH is 1. The molecule has 3 amide bonds. The van der Waals surface area contributed by atoms with E-state index in [9.17, 15) is 19.5 Å². The predicted molar refractivity (Wildman–Crippen MR) is 154 cm³/mol. The molecule has 3 aliphatic rings. The number of thioether (sulfide) groups is 1. The molecule has 0 saturated carbocycles. The van der Waals surface area contributed by atoms with Crippen molar-refractivity contribution in [3.8, 4) is 5.75 Å². The van der Waals surface area contributed by atoms with Gasteiger partial charge in [-0.2, -0.15) is 0 Å². The first-order valence-corrected chi connectivity index (χ1v) is 14.9. The first-order chi connectivity index (χ1) is 19.8. The van der Waals surface area contributed by atoms with Gasteiger partial charge >= 0.3 is 0 Å². The third-order valence-electron chi connectivity index (χ3n) is 8.73. The highest BCUT2D eigenvalue weighted by molar-refractivity contribution is 8.02. The Bertz CT molecular complexity index is 1480. The number of rotatable bonds is 9. The maximum Gasteiger partial charge on any atom is 0.245 e. The van der Waals surface area contributed by atoms with Gasteiger partial charge in [-0.1, -0.05) is 24.3 Å². The maximum absolute atomic E-state index is 14.1. The van der Waals surface area contributed by atoms with Gasteiger partial charge in [-0.3, -0.25) is 14.4 Å². The number of aliphatic hydroxyl groups is 1. The molecule has 6 rings (SSSR count). The molecule has 3 fully saturated rings. The van der Waals surface area contributed by atoms with Gasteiger partial charge < -0.3 is 25.4 Å². The molecule has 3 saturated heterocycles. The normalized spacial score (nSPS) is 29.0. The minimum atomic E-state index is -0.842. The van der Waals surface area contributed by atoms with E-state index in [1.54, 1.807) is 47.6 Å². The van der Waals surface area contributed by atoms with Gasteiger partial charge in [0.15, 0.2) is 0 Å². The van der Waals surface area contributed by atoms with Crippen molar-refractivity contribution in [2.24, 2.45) is 17.8 Å². The number of nitrogens with one attached hydrogen (secondary N) is 2. The topological polar surface area (TPSA) is 139 Å². The van der Waals surface area contributed by atoms with E-state index >= 15 is 0 Å². The number of benzene rings is 2. The Kier molecular flexibility index (Phi) is 7.14. The molecular weight excluding hydrogens is 544 g/mol. The van der Waals surface area contributed by atoms with Gasteiger partial charge in [0.2, 0.25) is 17.7 Å². The average Bonchev–Trinajstić information content (AvgIpc) is 3.69. The Morgan fingerprint density at radius 1 is 1.20 bits per heavy atom. The van der Waals surface area contributed by atoms with Crippen LogP contribution in [0.4, 0.5) is 5.69 Å². The number of carbonyl (C=O) groups excluding carboxylic acids is 3. The summed E-state index contributed by atoms with van der Waals surface area (Å²) in [4.78, 5) is 43.4. The van der Waals surface area contributed by atoms with E-state index in [0.29, 0.717) is 30.0 Å². The first-order valence-electron chi connectivity index (χ1n) is 14.0. The van der Waals surface area contributed by atoms with Crippen LogP contribution in [0.3, 0.4) is 0 Å². The number of amides is 3. The fraction of sp³-hybridized carbons (Fsp3) is 0.483. The van der Waals surface area contributed by atoms with Crippen LogP contribution in [-0.2, 0) is 21.1 Å². The number of carbonyl (C=O) groups is 3. The highest BCUT2D eigenvalue weighted by Gasteiger charge is 2.76. The van der Waals surface area contributed by atoms with Gasteiger partial charge in [-0.25, -0.2) is 4.68 Å². The summed E-state index contributed by atoms with van der Waals surface area (Å²) in [5.41, 5.74) is 2.11. The van der Waals surface area contributed by atoms with Gasteiger partial charge in [0.05, 0.1) is 41.4 Å². The lowest BCUT2D eigenvalue weighted by Crippen LogP contribution is -2.58. The molecule has 41 heavy (non-hydrogen) atoms. The van der Waals surface area contributed by atoms with Crippen LogP contribution in [0.15, 0.2) is 48.5 Å². The van der Waals surface area contributed by atoms with Crippen molar-refractivity contribution in [2.75, 3.05) is 18.5 Å². The molecule has 216 valence electrons. The largest absolute Gasteiger partial charge is 0.494 e. The lowest BCUT2D eigenvalue weighted by Gasteiger charge is -2.39. The monoisotopic (exact) mass is 578 g/mol. The van der Waals surface area contributed by atoms with Gasteiger partial charge in [0.25, 0.3) is 0 Å². The molecule has 4 heterocycles. The lowest BCUT2D eigenvalue weighted by atomic mass is 9.66. The number of aromatic nitrogens is 3. The third kappa shape index (κ3) is 4.35. The highest BCUT2D eigenvalue weighted by atomic mass is 32.2. The van der Waals surface area contributed by atoms with Crippen molar-refractivity contribution in [1.82, 2.24) is 25.2 Å². The molecule has 3 aromatic rings. The zero-order valence-corrected chi connectivity index (χ0v) is 24.0. The minimum absolute atomic E-state index is 0.0137. The molecular formula is C29H34N6O5S. The number of para-hydroxylation sites is 1. The van der Waals surface area contributed by atoms with Crippen LogP contribution in [0.1, 0.15) is 27.2 Å². The maximum atomic E-state index is 14.1. The second kappa shape index (κ2) is 10.6. The van der Waals surface area contributed by atoms with Crippen LogP contribution >= 0.6 is 11.8 Å². The number of nitrogens with zero attached hydrogens (tertiary/aromatic N) is 4. The number of fused-ring (bicyclic) bond motifs is 2. The summed E-state index contributed by atoms with van der Waals surface area (Å²) in [6.45, 7) is 6.03. The molecule has 1 aromatic heterocycles. The molecule has 2 bridgehead atoms. The minimum Gasteiger partial charge on any atom is -0.494 e. The van der Waals surface area contributed by atoms with Gasteiger partial charge in [-0.05, 0) is 62.6 Å². The fourth-order valence-corrected chi connectivity index (χ4v) is 9.34. The third-order valence-corrected chi connectivity index (χ3v) is 10.8. The second-order valence-corrected chi connectivity index (χ2v) is 12.6. The van der Waals surface area contributed by atoms with E-state index in [2.05, 4.69) is 27.9 Å². The molecule has 1 spiro atoms. The highest BCUT2D eigenvalue weighted by Crippen LogP contribution is 2.68. The summed E-state index contributed by atoms with van der Waals surface area (Å²) >= 11 is 1.59. The first kappa shape index (κ1) is 27.5. The quantitative estimate of drug-likeness (QED) is 0.352. The van der Waals surface area contributed by atoms with Crippen LogP contribution in [0.5, 0.6) is 5.75 Å². The summed E-state index contributed by atoms with van der Waals surface area (Å²) in [5, 5.41) is 24.3. The Balaban J connectivity index is 1.28. The van der Waals surface area contributed by atoms with Crippen LogP contribution in [0.2, 0.25) is 0 Å². The summed E-state index contributed by atoms with van der Waals surface area (Å²) in [6.07, 6.45) is 0.717. The second-order valence-electron chi connectivity index (χ2n) is 11.1. The van der Waals surface area contributed by atoms with Crippen LogP contribution in [0.25, 0.3) is 11.0 Å². The van der Waals surface area contributed by atoms with Crippen molar-refractivity contribution in [2.45, 2.75) is 55.9 Å². The van der Waals surface area contributed by atoms with Gasteiger partial charge in [-0.15, -0.1) is 16.9 Å². The number of hydrogen-bond acceptors (Lipinski definition) is 8. The molecule has 12 heteroatoms. The zero-order valence-electron chi connectivity index (χ0n) is 23.2. The van der Waals surface area contributed by atoms with Crippen LogP contribution in [0, 0.1) is 17.8 Å². The van der Waals surface area contributed by atoms with Crippen molar-refractivity contribution in [3.05, 3.63) is 48.5 Å². The van der Waals surface area contributed by atoms with Crippen molar-refractivity contribution in [3.63, 3.8) is 0 Å². The smallest absolute Gasteiger partial charge is 0.245 e. The van der Waals surface area contributed by atoms with Crippen LogP contribution < -0.4 is 15.4 Å². The van der Waals surface area contributed by atoms with E-state index in [-0.39, 0.29) is 42.2 Å². The van der Waals surface area contributed by atoms with E-state index in [0.717, 1.165) is 5.52 Å². The van der Waals surface area contributed by atoms with Gasteiger partial charge in [0.1, 0.15) is 24.0 Å². The zero-order chi connectivity index (χ0) is 28.9. The van der Waals surface area contributed by atoms with Crippen molar-refractivity contribution >= 4 is 46.2 Å². The number of anilines is 1. The van der Waals surface area contributed by atoms with Crippen molar-refractivity contribution in [1.29, 1.82) is 0 Å². The Labute approximate surface area is 242 Å². The van der Waals surface area contributed by atoms with Crippen molar-refractivity contribution < 1.29 is 24.2 Å². The number of hydrogen-bond donors (Lipinski definition) is 3. The average molecular weight is 579 g/mol. The van der Waals surface area contributed by atoms with E-state index in [4.69, 9.17) is 4.74 Å². The molecule has 3 unspecified atom stereocenters.